The Kier molecular flexibility index (Phi) is 8.18. The van der Waals surface area contributed by atoms with Crippen molar-refractivity contribution >= 4 is 0 Å². The highest BCUT2D eigenvalue weighted by Gasteiger charge is 2.16. The second-order valence-corrected chi connectivity index (χ2v) is 6.97. The van der Waals surface area contributed by atoms with Gasteiger partial charge < -0.3 is 14.3 Å². The van der Waals surface area contributed by atoms with Gasteiger partial charge in [-0.3, -0.25) is 0 Å². The van der Waals surface area contributed by atoms with Crippen molar-refractivity contribution in [1.29, 1.82) is 0 Å². The van der Waals surface area contributed by atoms with Gasteiger partial charge in [-0.2, -0.15) is 0 Å². The zero-order valence-electron chi connectivity index (χ0n) is 16.6. The Morgan fingerprint density at radius 3 is 2.56 bits per heavy atom. The standard InChI is InChI=1S/C23H30O4/c1-17(11-7-4-5-8-12-19-13-9-6-10-14-19)15-16-20-18(2)21(24)22(26-3)23(25)27-20/h6,9-10,13-15,24H,4-5,7-8,11-12,16H2,1-3H3/b17-15+. The summed E-state index contributed by atoms with van der Waals surface area (Å²) in [6.45, 7) is 3.83. The van der Waals surface area contributed by atoms with E-state index in [0.29, 0.717) is 17.7 Å². The molecule has 1 N–H and O–H groups in total. The van der Waals surface area contributed by atoms with E-state index >= 15 is 0 Å². The lowest BCUT2D eigenvalue weighted by atomic mass is 10.0. The third-order valence-electron chi connectivity index (χ3n) is 4.86. The van der Waals surface area contributed by atoms with E-state index in [1.165, 1.54) is 37.5 Å². The van der Waals surface area contributed by atoms with Crippen LogP contribution in [0.3, 0.4) is 0 Å². The molecule has 0 unspecified atom stereocenters. The first-order valence-electron chi connectivity index (χ1n) is 9.62. The van der Waals surface area contributed by atoms with E-state index in [9.17, 15) is 9.90 Å². The summed E-state index contributed by atoms with van der Waals surface area (Å²) in [5.74, 6) is 0.223. The van der Waals surface area contributed by atoms with Crippen molar-refractivity contribution in [3.63, 3.8) is 0 Å². The molecule has 0 radical (unpaired) electrons. The molecule has 0 bridgehead atoms. The summed E-state index contributed by atoms with van der Waals surface area (Å²) < 4.78 is 10.2. The van der Waals surface area contributed by atoms with Gasteiger partial charge in [0, 0.05) is 12.0 Å². The third kappa shape index (κ3) is 6.31. The molecular weight excluding hydrogens is 340 g/mol. The molecule has 0 aliphatic heterocycles. The predicted molar refractivity (Wildman–Crippen MR) is 109 cm³/mol. The molecule has 0 saturated carbocycles. The van der Waals surface area contributed by atoms with Gasteiger partial charge in [0.05, 0.1) is 7.11 Å². The van der Waals surface area contributed by atoms with Gasteiger partial charge in [-0.05, 0) is 45.1 Å². The molecule has 0 saturated heterocycles. The normalized spacial score (nSPS) is 11.6. The Hall–Kier alpha value is -2.49. The fourth-order valence-electron chi connectivity index (χ4n) is 3.11. The van der Waals surface area contributed by atoms with E-state index in [1.54, 1.807) is 6.92 Å². The lowest BCUT2D eigenvalue weighted by molar-refractivity contribution is 0.330. The van der Waals surface area contributed by atoms with Crippen molar-refractivity contribution in [2.75, 3.05) is 7.11 Å². The predicted octanol–water partition coefficient (Wildman–Crippen LogP) is 5.34. The van der Waals surface area contributed by atoms with E-state index in [1.807, 2.05) is 0 Å². The molecular formula is C23H30O4. The number of hydrogen-bond donors (Lipinski definition) is 1. The van der Waals surface area contributed by atoms with Crippen LogP contribution in [-0.2, 0) is 12.8 Å². The Balaban J connectivity index is 1.74. The molecule has 2 rings (SSSR count). The number of allylic oxidation sites excluding steroid dienone is 2. The second-order valence-electron chi connectivity index (χ2n) is 6.97. The third-order valence-corrected chi connectivity index (χ3v) is 4.86. The van der Waals surface area contributed by atoms with Crippen LogP contribution in [0.5, 0.6) is 11.5 Å². The molecule has 1 aromatic heterocycles. The molecule has 1 heterocycles. The van der Waals surface area contributed by atoms with Gasteiger partial charge in [-0.1, -0.05) is 54.8 Å². The van der Waals surface area contributed by atoms with E-state index in [4.69, 9.17) is 9.15 Å². The summed E-state index contributed by atoms with van der Waals surface area (Å²) in [5.41, 5.74) is 2.60. The number of rotatable bonds is 10. The second kappa shape index (κ2) is 10.6. The summed E-state index contributed by atoms with van der Waals surface area (Å²) in [7, 11) is 1.34. The van der Waals surface area contributed by atoms with Crippen molar-refractivity contribution < 1.29 is 14.3 Å². The van der Waals surface area contributed by atoms with Crippen LogP contribution in [0.25, 0.3) is 0 Å². The lowest BCUT2D eigenvalue weighted by Crippen LogP contribution is -2.07. The molecule has 0 amide bonds. The molecule has 0 spiro atoms. The van der Waals surface area contributed by atoms with Crippen LogP contribution in [0, 0.1) is 6.92 Å². The van der Waals surface area contributed by atoms with Crippen LogP contribution in [-0.4, -0.2) is 12.2 Å². The Morgan fingerprint density at radius 1 is 1.15 bits per heavy atom. The summed E-state index contributed by atoms with van der Waals surface area (Å²) in [6, 6.07) is 10.6. The zero-order chi connectivity index (χ0) is 19.6. The van der Waals surface area contributed by atoms with Gasteiger partial charge in [0.15, 0.2) is 5.75 Å². The fraction of sp³-hybridized carbons (Fsp3) is 0.435. The maximum absolute atomic E-state index is 11.8. The summed E-state index contributed by atoms with van der Waals surface area (Å²) in [5, 5.41) is 10.0. The van der Waals surface area contributed by atoms with Crippen LogP contribution in [0.1, 0.15) is 55.9 Å². The first kappa shape index (κ1) is 20.8. The SMILES string of the molecule is COc1c(O)c(C)c(C/C=C(\C)CCCCCCc2ccccc2)oc1=O. The van der Waals surface area contributed by atoms with Crippen molar-refractivity contribution in [3.8, 4) is 11.5 Å². The fourth-order valence-corrected chi connectivity index (χ4v) is 3.11. The van der Waals surface area contributed by atoms with Crippen molar-refractivity contribution in [2.24, 2.45) is 0 Å². The van der Waals surface area contributed by atoms with E-state index in [-0.39, 0.29) is 11.5 Å². The van der Waals surface area contributed by atoms with Gasteiger partial charge in [0.1, 0.15) is 5.76 Å². The Labute approximate surface area is 161 Å². The number of benzene rings is 1. The summed E-state index contributed by atoms with van der Waals surface area (Å²) in [6.07, 6.45) is 9.60. The molecule has 0 atom stereocenters. The van der Waals surface area contributed by atoms with E-state index in [0.717, 1.165) is 19.3 Å². The molecule has 0 fully saturated rings. The van der Waals surface area contributed by atoms with E-state index < -0.39 is 5.63 Å². The molecule has 0 aliphatic rings. The molecule has 4 nitrogen and oxygen atoms in total. The Bertz CT molecular complexity index is 803. The summed E-state index contributed by atoms with van der Waals surface area (Å²) >= 11 is 0. The molecule has 27 heavy (non-hydrogen) atoms. The average Bonchev–Trinajstić information content (AvgIpc) is 2.67. The van der Waals surface area contributed by atoms with Gasteiger partial charge >= 0.3 is 5.63 Å². The van der Waals surface area contributed by atoms with Gasteiger partial charge in [0.2, 0.25) is 5.75 Å². The maximum Gasteiger partial charge on any atom is 0.382 e. The van der Waals surface area contributed by atoms with Gasteiger partial charge in [-0.25, -0.2) is 4.79 Å². The van der Waals surface area contributed by atoms with Crippen molar-refractivity contribution in [2.45, 2.75) is 58.8 Å². The van der Waals surface area contributed by atoms with Crippen LogP contribution in [0.15, 0.2) is 51.2 Å². The minimum atomic E-state index is -0.639. The molecule has 4 heteroatoms. The molecule has 2 aromatic rings. The van der Waals surface area contributed by atoms with Crippen LogP contribution >= 0.6 is 0 Å². The van der Waals surface area contributed by atoms with Crippen LogP contribution in [0.4, 0.5) is 0 Å². The maximum atomic E-state index is 11.8. The highest BCUT2D eigenvalue weighted by Crippen LogP contribution is 2.28. The lowest BCUT2D eigenvalue weighted by Gasteiger charge is -2.08. The largest absolute Gasteiger partial charge is 0.504 e. The van der Waals surface area contributed by atoms with Crippen LogP contribution in [0.2, 0.25) is 0 Å². The van der Waals surface area contributed by atoms with Crippen LogP contribution < -0.4 is 10.4 Å². The van der Waals surface area contributed by atoms with Gasteiger partial charge in [-0.15, -0.1) is 0 Å². The van der Waals surface area contributed by atoms with Gasteiger partial charge in [0.25, 0.3) is 0 Å². The average molecular weight is 370 g/mol. The number of ether oxygens (including phenoxy) is 1. The summed E-state index contributed by atoms with van der Waals surface area (Å²) in [4.78, 5) is 11.8. The highest BCUT2D eigenvalue weighted by atomic mass is 16.5. The quantitative estimate of drug-likeness (QED) is 0.453. The van der Waals surface area contributed by atoms with Crippen molar-refractivity contribution in [1.82, 2.24) is 0 Å². The number of methoxy groups -OCH3 is 1. The minimum absolute atomic E-state index is 0.131. The minimum Gasteiger partial charge on any atom is -0.504 e. The highest BCUT2D eigenvalue weighted by molar-refractivity contribution is 5.44. The zero-order valence-corrected chi connectivity index (χ0v) is 16.6. The molecule has 1 aromatic carbocycles. The first-order valence-corrected chi connectivity index (χ1v) is 9.62. The molecule has 0 aliphatic carbocycles. The first-order chi connectivity index (χ1) is 13.0. The topological polar surface area (TPSA) is 59.7 Å². The number of unbranched alkanes of at least 4 members (excludes halogenated alkanes) is 3. The smallest absolute Gasteiger partial charge is 0.382 e. The van der Waals surface area contributed by atoms with Crippen molar-refractivity contribution in [3.05, 3.63) is 69.3 Å². The number of hydrogen-bond acceptors (Lipinski definition) is 4. The monoisotopic (exact) mass is 370 g/mol. The number of aromatic hydroxyl groups is 1. The Morgan fingerprint density at radius 2 is 1.85 bits per heavy atom. The van der Waals surface area contributed by atoms with E-state index in [2.05, 4.69) is 43.3 Å². The molecule has 146 valence electrons. The number of aryl methyl sites for hydroxylation is 1.